The number of nitrogens with zero attached hydrogens (tertiary/aromatic N) is 1. The van der Waals surface area contributed by atoms with Crippen LogP contribution in [0.25, 0.3) is 0 Å². The van der Waals surface area contributed by atoms with Crippen LogP contribution in [0.1, 0.15) is 12.5 Å². The fraction of sp³-hybridized carbons (Fsp3) is 0.200. The summed E-state index contributed by atoms with van der Waals surface area (Å²) in [4.78, 5) is 15.8. The number of carbonyl (C=O) groups excluding carboxylic acids is 1. The zero-order valence-electron chi connectivity index (χ0n) is 11.6. The third-order valence-electron chi connectivity index (χ3n) is 2.71. The Morgan fingerprint density at radius 3 is 2.76 bits per heavy atom. The molecule has 0 atom stereocenters. The maximum absolute atomic E-state index is 11.9. The zero-order chi connectivity index (χ0) is 15.1. The van der Waals surface area contributed by atoms with E-state index in [-0.39, 0.29) is 6.03 Å². The Kier molecular flexibility index (Phi) is 5.40. The number of nitrogens with one attached hydrogen (secondary N) is 2. The molecule has 0 aliphatic carbocycles. The molecule has 1 aromatic carbocycles. The van der Waals surface area contributed by atoms with Crippen LogP contribution in [0.2, 0.25) is 5.02 Å². The molecule has 0 aliphatic heterocycles. The van der Waals surface area contributed by atoms with Crippen LogP contribution in [0, 0.1) is 0 Å². The number of carbonyl (C=O) groups is 1. The van der Waals surface area contributed by atoms with E-state index in [0.29, 0.717) is 29.6 Å². The van der Waals surface area contributed by atoms with Gasteiger partial charge in [0.1, 0.15) is 0 Å². The molecule has 2 rings (SSSR count). The van der Waals surface area contributed by atoms with Crippen LogP contribution in [0.4, 0.5) is 10.5 Å². The smallest absolute Gasteiger partial charge is 0.319 e. The van der Waals surface area contributed by atoms with Crippen LogP contribution in [-0.4, -0.2) is 17.6 Å². The highest BCUT2D eigenvalue weighted by Crippen LogP contribution is 2.32. The lowest BCUT2D eigenvalue weighted by Gasteiger charge is -2.13. The van der Waals surface area contributed by atoms with E-state index in [1.165, 1.54) is 0 Å². The summed E-state index contributed by atoms with van der Waals surface area (Å²) in [5.41, 5.74) is 1.51. The summed E-state index contributed by atoms with van der Waals surface area (Å²) in [6, 6.07) is 8.56. The standard InChI is InChI=1S/C15H16ClN3O2/c1-2-21-14-12(16)4-3-5-13(14)19-15(20)18-10-11-6-8-17-9-7-11/h3-9H,2,10H2,1H3,(H2,18,19,20). The fourth-order valence-electron chi connectivity index (χ4n) is 1.75. The van der Waals surface area contributed by atoms with Crippen molar-refractivity contribution in [2.24, 2.45) is 0 Å². The van der Waals surface area contributed by atoms with Crippen molar-refractivity contribution in [3.63, 3.8) is 0 Å². The number of urea groups is 1. The van der Waals surface area contributed by atoms with Gasteiger partial charge in [0.05, 0.1) is 17.3 Å². The monoisotopic (exact) mass is 305 g/mol. The van der Waals surface area contributed by atoms with E-state index in [1.54, 1.807) is 30.6 Å². The van der Waals surface area contributed by atoms with Gasteiger partial charge in [-0.2, -0.15) is 0 Å². The van der Waals surface area contributed by atoms with Gasteiger partial charge < -0.3 is 15.4 Å². The number of hydrogen-bond acceptors (Lipinski definition) is 3. The molecule has 2 aromatic rings. The van der Waals surface area contributed by atoms with Crippen LogP contribution < -0.4 is 15.4 Å². The molecule has 0 bridgehead atoms. The molecular weight excluding hydrogens is 290 g/mol. The molecule has 0 unspecified atom stereocenters. The van der Waals surface area contributed by atoms with E-state index in [2.05, 4.69) is 15.6 Å². The largest absolute Gasteiger partial charge is 0.490 e. The number of rotatable bonds is 5. The molecule has 0 saturated heterocycles. The summed E-state index contributed by atoms with van der Waals surface area (Å²) < 4.78 is 5.45. The number of anilines is 1. The number of benzene rings is 1. The normalized spacial score (nSPS) is 10.0. The van der Waals surface area contributed by atoms with Gasteiger partial charge in [0.15, 0.2) is 5.75 Å². The molecule has 21 heavy (non-hydrogen) atoms. The first-order valence-electron chi connectivity index (χ1n) is 6.55. The van der Waals surface area contributed by atoms with Gasteiger partial charge >= 0.3 is 6.03 Å². The first-order chi connectivity index (χ1) is 10.2. The van der Waals surface area contributed by atoms with E-state index in [0.717, 1.165) is 5.56 Å². The molecule has 0 fully saturated rings. The highest BCUT2D eigenvalue weighted by atomic mass is 35.5. The van der Waals surface area contributed by atoms with Crippen LogP contribution >= 0.6 is 11.6 Å². The number of halogens is 1. The number of aromatic nitrogens is 1. The SMILES string of the molecule is CCOc1c(Cl)cccc1NC(=O)NCc1ccncc1. The molecule has 1 aromatic heterocycles. The Hall–Kier alpha value is -2.27. The number of hydrogen-bond donors (Lipinski definition) is 2. The third kappa shape index (κ3) is 4.36. The van der Waals surface area contributed by atoms with Crippen molar-refractivity contribution < 1.29 is 9.53 Å². The van der Waals surface area contributed by atoms with Crippen molar-refractivity contribution in [3.8, 4) is 5.75 Å². The summed E-state index contributed by atoms with van der Waals surface area (Å²) in [6.45, 7) is 2.74. The Morgan fingerprint density at radius 2 is 2.05 bits per heavy atom. The fourth-order valence-corrected chi connectivity index (χ4v) is 1.98. The van der Waals surface area contributed by atoms with Crippen molar-refractivity contribution in [3.05, 3.63) is 53.3 Å². The highest BCUT2D eigenvalue weighted by Gasteiger charge is 2.10. The first-order valence-corrected chi connectivity index (χ1v) is 6.93. The van der Waals surface area contributed by atoms with E-state index >= 15 is 0 Å². The molecular formula is C15H16ClN3O2. The summed E-state index contributed by atoms with van der Waals surface area (Å²) in [5.74, 6) is 0.473. The zero-order valence-corrected chi connectivity index (χ0v) is 12.4. The average Bonchev–Trinajstić information content (AvgIpc) is 2.50. The van der Waals surface area contributed by atoms with Crippen molar-refractivity contribution in [2.45, 2.75) is 13.5 Å². The Balaban J connectivity index is 1.98. The topological polar surface area (TPSA) is 63.2 Å². The van der Waals surface area contributed by atoms with Crippen molar-refractivity contribution in [2.75, 3.05) is 11.9 Å². The van der Waals surface area contributed by atoms with Crippen LogP contribution in [0.3, 0.4) is 0 Å². The van der Waals surface area contributed by atoms with E-state index in [9.17, 15) is 4.79 Å². The molecule has 0 radical (unpaired) electrons. The second kappa shape index (κ2) is 7.50. The molecule has 2 amide bonds. The number of pyridine rings is 1. The average molecular weight is 306 g/mol. The van der Waals surface area contributed by atoms with E-state index < -0.39 is 0 Å². The lowest BCUT2D eigenvalue weighted by molar-refractivity contribution is 0.251. The van der Waals surface area contributed by atoms with Gasteiger partial charge in [-0.3, -0.25) is 4.98 Å². The Labute approximate surface area is 128 Å². The molecule has 0 spiro atoms. The van der Waals surface area contributed by atoms with Crippen molar-refractivity contribution in [1.29, 1.82) is 0 Å². The second-order valence-corrected chi connectivity index (χ2v) is 4.62. The quantitative estimate of drug-likeness (QED) is 0.889. The number of ether oxygens (including phenoxy) is 1. The maximum atomic E-state index is 11.9. The third-order valence-corrected chi connectivity index (χ3v) is 3.00. The van der Waals surface area contributed by atoms with Gasteiger partial charge in [-0.15, -0.1) is 0 Å². The summed E-state index contributed by atoms with van der Waals surface area (Å²) in [5, 5.41) is 5.95. The van der Waals surface area contributed by atoms with Crippen molar-refractivity contribution >= 4 is 23.3 Å². The van der Waals surface area contributed by atoms with Crippen LogP contribution in [0.5, 0.6) is 5.75 Å². The molecule has 0 saturated carbocycles. The molecule has 1 heterocycles. The van der Waals surface area contributed by atoms with Gasteiger partial charge in [-0.25, -0.2) is 4.79 Å². The minimum Gasteiger partial charge on any atom is -0.490 e. The lowest BCUT2D eigenvalue weighted by atomic mass is 10.3. The van der Waals surface area contributed by atoms with Crippen LogP contribution in [0.15, 0.2) is 42.7 Å². The van der Waals surface area contributed by atoms with Gasteiger partial charge in [0.25, 0.3) is 0 Å². The molecule has 5 nitrogen and oxygen atoms in total. The van der Waals surface area contributed by atoms with Gasteiger partial charge in [-0.05, 0) is 36.8 Å². The van der Waals surface area contributed by atoms with Gasteiger partial charge in [0.2, 0.25) is 0 Å². The van der Waals surface area contributed by atoms with Crippen LogP contribution in [-0.2, 0) is 6.54 Å². The molecule has 110 valence electrons. The predicted molar refractivity (Wildman–Crippen MR) is 82.7 cm³/mol. The minimum absolute atomic E-state index is 0.324. The Morgan fingerprint density at radius 1 is 1.29 bits per heavy atom. The first kappa shape index (κ1) is 15.1. The second-order valence-electron chi connectivity index (χ2n) is 4.21. The number of amides is 2. The van der Waals surface area contributed by atoms with Gasteiger partial charge in [-0.1, -0.05) is 17.7 Å². The van der Waals surface area contributed by atoms with Gasteiger partial charge in [0, 0.05) is 18.9 Å². The summed E-state index contributed by atoms with van der Waals surface area (Å²) >= 11 is 6.06. The predicted octanol–water partition coefficient (Wildman–Crippen LogP) is 3.46. The molecule has 2 N–H and O–H groups in total. The van der Waals surface area contributed by atoms with E-state index in [4.69, 9.17) is 16.3 Å². The van der Waals surface area contributed by atoms with E-state index in [1.807, 2.05) is 19.1 Å². The summed E-state index contributed by atoms with van der Waals surface area (Å²) in [6.07, 6.45) is 3.36. The maximum Gasteiger partial charge on any atom is 0.319 e. The van der Waals surface area contributed by atoms with Crippen molar-refractivity contribution in [1.82, 2.24) is 10.3 Å². The molecule has 0 aliphatic rings. The minimum atomic E-state index is -0.324. The lowest BCUT2D eigenvalue weighted by Crippen LogP contribution is -2.28. The molecule has 6 heteroatoms. The number of para-hydroxylation sites is 1. The summed E-state index contributed by atoms with van der Waals surface area (Å²) in [7, 11) is 0. The Bertz CT molecular complexity index is 605. The highest BCUT2D eigenvalue weighted by molar-refractivity contribution is 6.32.